The van der Waals surface area contributed by atoms with Gasteiger partial charge < -0.3 is 10.6 Å². The summed E-state index contributed by atoms with van der Waals surface area (Å²) in [5.41, 5.74) is 1.79. The Morgan fingerprint density at radius 3 is 2.70 bits per heavy atom. The lowest BCUT2D eigenvalue weighted by Crippen LogP contribution is -2.38. The Morgan fingerprint density at radius 1 is 1.30 bits per heavy atom. The number of rotatable bonds is 6. The number of hydrogen-bond donors (Lipinski definition) is 2. The smallest absolute Gasteiger partial charge is 0.191 e. The van der Waals surface area contributed by atoms with E-state index in [1.54, 1.807) is 29.9 Å². The summed E-state index contributed by atoms with van der Waals surface area (Å²) in [4.78, 5) is 4.10. The van der Waals surface area contributed by atoms with Gasteiger partial charge in [0, 0.05) is 32.8 Å². The molecule has 0 unspecified atom stereocenters. The van der Waals surface area contributed by atoms with Crippen LogP contribution in [-0.4, -0.2) is 35.9 Å². The van der Waals surface area contributed by atoms with Crippen LogP contribution in [0.2, 0.25) is 0 Å². The van der Waals surface area contributed by atoms with Crippen molar-refractivity contribution in [3.05, 3.63) is 60.7 Å². The molecule has 0 amide bonds. The van der Waals surface area contributed by atoms with Crippen LogP contribution in [0.1, 0.15) is 5.69 Å². The van der Waals surface area contributed by atoms with Crippen LogP contribution in [0.3, 0.4) is 0 Å². The molecule has 0 saturated carbocycles. The molecule has 23 heavy (non-hydrogen) atoms. The summed E-state index contributed by atoms with van der Waals surface area (Å²) in [5.74, 6) is 0.483. The van der Waals surface area contributed by atoms with Gasteiger partial charge in [-0.25, -0.2) is 9.07 Å². The van der Waals surface area contributed by atoms with Gasteiger partial charge in [-0.3, -0.25) is 4.99 Å². The lowest BCUT2D eigenvalue weighted by atomic mass is 10.3. The Hall–Kier alpha value is -1.90. The maximum Gasteiger partial charge on any atom is 0.191 e. The second-order valence-electron chi connectivity index (χ2n) is 4.65. The van der Waals surface area contributed by atoms with E-state index in [1.807, 2.05) is 12.3 Å². The molecule has 0 spiro atoms. The molecule has 0 bridgehead atoms. The van der Waals surface area contributed by atoms with E-state index in [0.717, 1.165) is 30.3 Å². The van der Waals surface area contributed by atoms with Crippen molar-refractivity contribution < 1.29 is 4.39 Å². The summed E-state index contributed by atoms with van der Waals surface area (Å²) < 4.78 is 14.6. The maximum atomic E-state index is 12.9. The fourth-order valence-electron chi connectivity index (χ4n) is 1.93. The number of aliphatic imine (C=N–C) groups is 1. The monoisotopic (exact) mass is 429 g/mol. The van der Waals surface area contributed by atoms with Gasteiger partial charge in [-0.05, 0) is 30.3 Å². The first-order chi connectivity index (χ1) is 10.7. The molecule has 1 aromatic heterocycles. The van der Waals surface area contributed by atoms with E-state index in [-0.39, 0.29) is 29.8 Å². The lowest BCUT2D eigenvalue weighted by Gasteiger charge is -2.09. The summed E-state index contributed by atoms with van der Waals surface area (Å²) in [6.07, 6.45) is 4.41. The Balaban J connectivity index is 0.00000264. The van der Waals surface area contributed by atoms with E-state index in [9.17, 15) is 4.39 Å². The van der Waals surface area contributed by atoms with Crippen LogP contribution in [0, 0.1) is 5.82 Å². The number of halogens is 2. The van der Waals surface area contributed by atoms with Crippen molar-refractivity contribution in [1.82, 2.24) is 20.4 Å². The minimum Gasteiger partial charge on any atom is -0.356 e. The average Bonchev–Trinajstić information content (AvgIpc) is 3.00. The number of guanidine groups is 1. The SMILES string of the molecule is C=CCNC(=NC)NCCc1ccn(-c2ccc(F)cc2)n1.I. The molecule has 5 nitrogen and oxygen atoms in total. The molecular weight excluding hydrogens is 408 g/mol. The van der Waals surface area contributed by atoms with Crippen molar-refractivity contribution in [1.29, 1.82) is 0 Å². The van der Waals surface area contributed by atoms with Gasteiger partial charge in [0.1, 0.15) is 5.82 Å². The summed E-state index contributed by atoms with van der Waals surface area (Å²) in [6, 6.07) is 8.20. The Bertz CT molecular complexity index is 636. The van der Waals surface area contributed by atoms with Crippen molar-refractivity contribution in [2.75, 3.05) is 20.1 Å². The van der Waals surface area contributed by atoms with Gasteiger partial charge in [0.25, 0.3) is 0 Å². The minimum absolute atomic E-state index is 0. The molecule has 1 aromatic carbocycles. The zero-order chi connectivity index (χ0) is 15.8. The first kappa shape index (κ1) is 19.1. The molecular formula is C16H21FIN5. The second kappa shape index (κ2) is 9.98. The highest BCUT2D eigenvalue weighted by Crippen LogP contribution is 2.09. The number of nitrogens with zero attached hydrogens (tertiary/aromatic N) is 3. The molecule has 2 N–H and O–H groups in total. The van der Waals surface area contributed by atoms with Gasteiger partial charge in [0.15, 0.2) is 5.96 Å². The molecule has 2 rings (SSSR count). The van der Waals surface area contributed by atoms with Crippen molar-refractivity contribution in [2.45, 2.75) is 6.42 Å². The van der Waals surface area contributed by atoms with Crippen LogP contribution in [-0.2, 0) is 6.42 Å². The fourth-order valence-corrected chi connectivity index (χ4v) is 1.93. The van der Waals surface area contributed by atoms with Crippen molar-refractivity contribution in [3.8, 4) is 5.69 Å². The van der Waals surface area contributed by atoms with Crippen molar-refractivity contribution >= 4 is 29.9 Å². The lowest BCUT2D eigenvalue weighted by molar-refractivity contribution is 0.627. The maximum absolute atomic E-state index is 12.9. The number of hydrogen-bond acceptors (Lipinski definition) is 2. The Kier molecular flexibility index (Phi) is 8.31. The number of nitrogens with one attached hydrogen (secondary N) is 2. The molecule has 2 aromatic rings. The number of aromatic nitrogens is 2. The molecule has 0 fully saturated rings. The van der Waals surface area contributed by atoms with E-state index in [0.29, 0.717) is 6.54 Å². The third-order valence-electron chi connectivity index (χ3n) is 3.05. The fraction of sp³-hybridized carbons (Fsp3) is 0.250. The van der Waals surface area contributed by atoms with E-state index in [1.165, 1.54) is 12.1 Å². The largest absolute Gasteiger partial charge is 0.356 e. The minimum atomic E-state index is -0.251. The molecule has 0 aliphatic rings. The van der Waals surface area contributed by atoms with Gasteiger partial charge in [-0.2, -0.15) is 5.10 Å². The molecule has 0 saturated heterocycles. The first-order valence-electron chi connectivity index (χ1n) is 7.09. The van der Waals surface area contributed by atoms with Crippen LogP contribution >= 0.6 is 24.0 Å². The van der Waals surface area contributed by atoms with E-state index in [2.05, 4.69) is 27.3 Å². The predicted molar refractivity (Wildman–Crippen MR) is 102 cm³/mol. The standard InChI is InChI=1S/C16H20FN5.HI/c1-3-10-19-16(18-2)20-11-8-14-9-12-22(21-14)15-6-4-13(17)5-7-15;/h3-7,9,12H,1,8,10-11H2,2H3,(H2,18,19,20);1H. The van der Waals surface area contributed by atoms with Crippen LogP contribution in [0.25, 0.3) is 5.69 Å². The van der Waals surface area contributed by atoms with Gasteiger partial charge in [-0.1, -0.05) is 6.08 Å². The molecule has 1 heterocycles. The van der Waals surface area contributed by atoms with Crippen LogP contribution in [0.15, 0.2) is 54.2 Å². The molecule has 7 heteroatoms. The summed E-state index contributed by atoms with van der Waals surface area (Å²) >= 11 is 0. The van der Waals surface area contributed by atoms with Gasteiger partial charge >= 0.3 is 0 Å². The first-order valence-corrected chi connectivity index (χ1v) is 7.09. The molecule has 0 aliphatic carbocycles. The summed E-state index contributed by atoms with van der Waals surface area (Å²) in [6.45, 7) is 5.04. The third kappa shape index (κ3) is 6.01. The van der Waals surface area contributed by atoms with Gasteiger partial charge in [0.05, 0.1) is 11.4 Å². The van der Waals surface area contributed by atoms with Crippen molar-refractivity contribution in [2.24, 2.45) is 4.99 Å². The normalized spacial score (nSPS) is 10.8. The van der Waals surface area contributed by atoms with Crippen LogP contribution in [0.4, 0.5) is 4.39 Å². The molecule has 0 aliphatic heterocycles. The molecule has 0 atom stereocenters. The summed E-state index contributed by atoms with van der Waals surface area (Å²) in [5, 5.41) is 10.8. The second-order valence-corrected chi connectivity index (χ2v) is 4.65. The quantitative estimate of drug-likeness (QED) is 0.321. The van der Waals surface area contributed by atoms with E-state index in [4.69, 9.17) is 0 Å². The van der Waals surface area contributed by atoms with E-state index >= 15 is 0 Å². The topological polar surface area (TPSA) is 54.2 Å². The van der Waals surface area contributed by atoms with Gasteiger partial charge in [0.2, 0.25) is 0 Å². The molecule has 124 valence electrons. The van der Waals surface area contributed by atoms with Crippen LogP contribution in [0.5, 0.6) is 0 Å². The van der Waals surface area contributed by atoms with E-state index < -0.39 is 0 Å². The highest BCUT2D eigenvalue weighted by Gasteiger charge is 2.02. The zero-order valence-electron chi connectivity index (χ0n) is 13.0. The molecule has 0 radical (unpaired) electrons. The highest BCUT2D eigenvalue weighted by atomic mass is 127. The highest BCUT2D eigenvalue weighted by molar-refractivity contribution is 14.0. The third-order valence-corrected chi connectivity index (χ3v) is 3.05. The van der Waals surface area contributed by atoms with Gasteiger partial charge in [-0.15, -0.1) is 30.6 Å². The number of benzene rings is 1. The Labute approximate surface area is 152 Å². The average molecular weight is 429 g/mol. The summed E-state index contributed by atoms with van der Waals surface area (Å²) in [7, 11) is 1.72. The Morgan fingerprint density at radius 2 is 2.04 bits per heavy atom. The van der Waals surface area contributed by atoms with Crippen molar-refractivity contribution in [3.63, 3.8) is 0 Å². The zero-order valence-corrected chi connectivity index (χ0v) is 15.3. The van der Waals surface area contributed by atoms with Crippen LogP contribution < -0.4 is 10.6 Å². The predicted octanol–water partition coefficient (Wildman–Crippen LogP) is 2.52.